The Hall–Kier alpha value is -0.670. The number of rotatable bonds is 2. The summed E-state index contributed by atoms with van der Waals surface area (Å²) in [5.41, 5.74) is 0.856. The lowest BCUT2D eigenvalue weighted by Crippen LogP contribution is -1.95. The number of benzene rings is 1. The summed E-state index contributed by atoms with van der Waals surface area (Å²) in [6.07, 6.45) is 0.680. The number of Topliss-reactive ketones (excluding diaryl/α,β-unsaturated/α-hetero) is 1. The number of aldehydes is 1. The van der Waals surface area contributed by atoms with E-state index in [2.05, 4.69) is 15.9 Å². The molecule has 0 aliphatic carbocycles. The van der Waals surface area contributed by atoms with Gasteiger partial charge in [-0.3, -0.25) is 9.59 Å². The molecule has 1 aromatic carbocycles. The maximum Gasteiger partial charge on any atom is 0.161 e. The standard InChI is InChI=1S/C9H6BrClO2/c1-5(13)7-3-2-6(4-12)8(10)9(7)11/h2-4H,1H3. The average Bonchev–Trinajstić information content (AvgIpc) is 2.09. The molecule has 0 aliphatic rings. The zero-order valence-electron chi connectivity index (χ0n) is 6.80. The lowest BCUT2D eigenvalue weighted by molar-refractivity contribution is 0.101. The van der Waals surface area contributed by atoms with Crippen LogP contribution in [0.3, 0.4) is 0 Å². The highest BCUT2D eigenvalue weighted by Crippen LogP contribution is 2.29. The second-order valence-corrected chi connectivity index (χ2v) is 3.68. The van der Waals surface area contributed by atoms with E-state index in [9.17, 15) is 9.59 Å². The van der Waals surface area contributed by atoms with Crippen LogP contribution in [0.1, 0.15) is 27.6 Å². The zero-order valence-corrected chi connectivity index (χ0v) is 9.15. The first kappa shape index (κ1) is 10.4. The van der Waals surface area contributed by atoms with Gasteiger partial charge in [0.05, 0.1) is 5.02 Å². The summed E-state index contributed by atoms with van der Waals surface area (Å²) < 4.78 is 0.469. The van der Waals surface area contributed by atoms with E-state index in [1.807, 2.05) is 0 Å². The highest BCUT2D eigenvalue weighted by atomic mass is 79.9. The largest absolute Gasteiger partial charge is 0.298 e. The first-order valence-electron chi connectivity index (χ1n) is 3.52. The van der Waals surface area contributed by atoms with Gasteiger partial charge in [0.1, 0.15) is 0 Å². The van der Waals surface area contributed by atoms with Crippen LogP contribution in [-0.4, -0.2) is 12.1 Å². The summed E-state index contributed by atoms with van der Waals surface area (Å²) in [6.45, 7) is 1.42. The molecule has 0 amide bonds. The van der Waals surface area contributed by atoms with Crippen LogP contribution in [0.25, 0.3) is 0 Å². The van der Waals surface area contributed by atoms with Crippen LogP contribution in [-0.2, 0) is 0 Å². The zero-order chi connectivity index (χ0) is 10.0. The molecular formula is C9H6BrClO2. The second kappa shape index (κ2) is 4.03. The fraction of sp³-hybridized carbons (Fsp3) is 0.111. The van der Waals surface area contributed by atoms with E-state index in [0.717, 1.165) is 0 Å². The molecule has 0 spiro atoms. The van der Waals surface area contributed by atoms with Crippen molar-refractivity contribution in [2.45, 2.75) is 6.92 Å². The molecule has 0 fully saturated rings. The number of carbonyl (C=O) groups excluding carboxylic acids is 2. The Morgan fingerprint density at radius 1 is 1.54 bits per heavy atom. The van der Waals surface area contributed by atoms with Crippen LogP contribution in [0, 0.1) is 0 Å². The van der Waals surface area contributed by atoms with Crippen molar-refractivity contribution in [3.8, 4) is 0 Å². The molecule has 0 N–H and O–H groups in total. The smallest absolute Gasteiger partial charge is 0.161 e. The number of halogens is 2. The quantitative estimate of drug-likeness (QED) is 0.605. The van der Waals surface area contributed by atoms with Crippen LogP contribution in [0.4, 0.5) is 0 Å². The Morgan fingerprint density at radius 2 is 2.15 bits per heavy atom. The molecule has 1 aromatic rings. The molecule has 0 saturated carbocycles. The minimum absolute atomic E-state index is 0.122. The monoisotopic (exact) mass is 260 g/mol. The molecule has 13 heavy (non-hydrogen) atoms. The number of ketones is 1. The highest BCUT2D eigenvalue weighted by Gasteiger charge is 2.11. The molecule has 0 unspecified atom stereocenters. The Morgan fingerprint density at radius 3 is 2.62 bits per heavy atom. The van der Waals surface area contributed by atoms with Gasteiger partial charge in [0.25, 0.3) is 0 Å². The van der Waals surface area contributed by atoms with E-state index in [1.165, 1.54) is 6.92 Å². The summed E-state index contributed by atoms with van der Waals surface area (Å²) in [5, 5.41) is 0.289. The Balaban J connectivity index is 3.39. The number of hydrogen-bond donors (Lipinski definition) is 0. The van der Waals surface area contributed by atoms with E-state index in [-0.39, 0.29) is 10.8 Å². The first-order chi connectivity index (χ1) is 6.07. The Kier molecular flexibility index (Phi) is 3.22. The maximum absolute atomic E-state index is 11.0. The van der Waals surface area contributed by atoms with Crippen molar-refractivity contribution in [1.29, 1.82) is 0 Å². The molecule has 1 rings (SSSR count). The van der Waals surface area contributed by atoms with E-state index < -0.39 is 0 Å². The molecule has 0 atom stereocenters. The fourth-order valence-corrected chi connectivity index (χ4v) is 1.67. The lowest BCUT2D eigenvalue weighted by atomic mass is 10.1. The van der Waals surface area contributed by atoms with Gasteiger partial charge in [0.2, 0.25) is 0 Å². The molecule has 0 radical (unpaired) electrons. The summed E-state index contributed by atoms with van der Waals surface area (Å²) >= 11 is 8.99. The van der Waals surface area contributed by atoms with Gasteiger partial charge in [0, 0.05) is 15.6 Å². The third kappa shape index (κ3) is 1.98. The van der Waals surface area contributed by atoms with Gasteiger partial charge >= 0.3 is 0 Å². The summed E-state index contributed by atoms with van der Waals surface area (Å²) in [6, 6.07) is 3.10. The topological polar surface area (TPSA) is 34.1 Å². The molecule has 0 aliphatic heterocycles. The van der Waals surface area contributed by atoms with Crippen molar-refractivity contribution in [3.05, 3.63) is 32.8 Å². The van der Waals surface area contributed by atoms with Crippen LogP contribution in [0.15, 0.2) is 16.6 Å². The highest BCUT2D eigenvalue weighted by molar-refractivity contribution is 9.10. The molecule has 68 valence electrons. The normalized spacial score (nSPS) is 9.77. The van der Waals surface area contributed by atoms with E-state index in [1.54, 1.807) is 12.1 Å². The second-order valence-electron chi connectivity index (χ2n) is 2.50. The van der Waals surface area contributed by atoms with Crippen LogP contribution >= 0.6 is 27.5 Å². The van der Waals surface area contributed by atoms with Gasteiger partial charge in [-0.05, 0) is 35.0 Å². The summed E-state index contributed by atoms with van der Waals surface area (Å²) in [7, 11) is 0. The van der Waals surface area contributed by atoms with Crippen molar-refractivity contribution >= 4 is 39.6 Å². The van der Waals surface area contributed by atoms with Gasteiger partial charge in [-0.2, -0.15) is 0 Å². The van der Waals surface area contributed by atoms with Gasteiger partial charge in [-0.1, -0.05) is 11.6 Å². The van der Waals surface area contributed by atoms with Crippen molar-refractivity contribution in [2.24, 2.45) is 0 Å². The third-order valence-corrected chi connectivity index (χ3v) is 3.09. The van der Waals surface area contributed by atoms with Crippen LogP contribution in [0.2, 0.25) is 5.02 Å². The van der Waals surface area contributed by atoms with Crippen molar-refractivity contribution in [1.82, 2.24) is 0 Å². The van der Waals surface area contributed by atoms with Crippen molar-refractivity contribution < 1.29 is 9.59 Å². The predicted octanol–water partition coefficient (Wildman–Crippen LogP) is 3.12. The van der Waals surface area contributed by atoms with E-state index >= 15 is 0 Å². The Labute approximate surface area is 89.0 Å². The maximum atomic E-state index is 11.0. The number of carbonyl (C=O) groups is 2. The summed E-state index contributed by atoms with van der Waals surface area (Å²) in [5.74, 6) is -0.122. The molecule has 0 heterocycles. The molecule has 2 nitrogen and oxygen atoms in total. The fourth-order valence-electron chi connectivity index (χ4n) is 0.927. The van der Waals surface area contributed by atoms with Gasteiger partial charge < -0.3 is 0 Å². The van der Waals surface area contributed by atoms with E-state index in [0.29, 0.717) is 21.9 Å². The van der Waals surface area contributed by atoms with Crippen LogP contribution in [0.5, 0.6) is 0 Å². The lowest BCUT2D eigenvalue weighted by Gasteiger charge is -2.03. The van der Waals surface area contributed by atoms with Gasteiger partial charge in [-0.15, -0.1) is 0 Å². The summed E-state index contributed by atoms with van der Waals surface area (Å²) in [4.78, 5) is 21.5. The van der Waals surface area contributed by atoms with Crippen molar-refractivity contribution in [3.63, 3.8) is 0 Å². The number of hydrogen-bond acceptors (Lipinski definition) is 2. The minimum atomic E-state index is -0.122. The Bertz CT molecular complexity index is 374. The van der Waals surface area contributed by atoms with Crippen LogP contribution < -0.4 is 0 Å². The third-order valence-electron chi connectivity index (χ3n) is 1.62. The molecule has 0 saturated heterocycles. The SMILES string of the molecule is CC(=O)c1ccc(C=O)c(Br)c1Cl. The molecule has 0 aromatic heterocycles. The molecular weight excluding hydrogens is 255 g/mol. The minimum Gasteiger partial charge on any atom is -0.298 e. The van der Waals surface area contributed by atoms with E-state index in [4.69, 9.17) is 11.6 Å². The van der Waals surface area contributed by atoms with Crippen molar-refractivity contribution in [2.75, 3.05) is 0 Å². The average molecular weight is 262 g/mol. The molecule has 4 heteroatoms. The van der Waals surface area contributed by atoms with Gasteiger partial charge in [0.15, 0.2) is 12.1 Å². The molecule has 0 bridgehead atoms. The van der Waals surface area contributed by atoms with Gasteiger partial charge in [-0.25, -0.2) is 0 Å². The first-order valence-corrected chi connectivity index (χ1v) is 4.69. The predicted molar refractivity (Wildman–Crippen MR) is 54.5 cm³/mol.